The molecular weight excluding hydrogens is 365 g/mol. The van der Waals surface area contributed by atoms with Crippen LogP contribution >= 0.6 is 0 Å². The monoisotopic (exact) mass is 387 g/mol. The molecule has 3 aromatic rings. The number of H-pyrrole nitrogens is 1. The number of nitrogens with one attached hydrogen (secondary N) is 2. The number of aromatic nitrogens is 2. The van der Waals surface area contributed by atoms with Gasteiger partial charge in [-0.3, -0.25) is 5.10 Å². The fourth-order valence-electron chi connectivity index (χ4n) is 6.05. The first-order valence-corrected chi connectivity index (χ1v) is 10.1. The van der Waals surface area contributed by atoms with Crippen molar-refractivity contribution in [3.05, 3.63) is 59.8 Å². The molecule has 4 N–H and O–H groups in total. The van der Waals surface area contributed by atoms with Crippen molar-refractivity contribution in [1.29, 1.82) is 0 Å². The van der Waals surface area contributed by atoms with Crippen LogP contribution in [0.4, 0.5) is 5.69 Å². The predicted molar refractivity (Wildman–Crippen MR) is 112 cm³/mol. The van der Waals surface area contributed by atoms with E-state index >= 15 is 0 Å². The third kappa shape index (κ3) is 2.28. The SMILES string of the molecule is COc1c(B(O)O)cccc1[C@@H]1Nc2ccc3[nH]ncc3c2[C@@H]2[C@H]1[C@H]1C=C[C@@H]2C1. The summed E-state index contributed by atoms with van der Waals surface area (Å²) in [5, 5.41) is 32.0. The van der Waals surface area contributed by atoms with Gasteiger partial charge in [-0.15, -0.1) is 0 Å². The number of rotatable bonds is 3. The van der Waals surface area contributed by atoms with Gasteiger partial charge < -0.3 is 20.1 Å². The van der Waals surface area contributed by atoms with E-state index in [-0.39, 0.29) is 6.04 Å². The Labute approximate surface area is 168 Å². The fourth-order valence-corrected chi connectivity index (χ4v) is 6.05. The van der Waals surface area contributed by atoms with Crippen LogP contribution in [-0.4, -0.2) is 34.5 Å². The zero-order valence-electron chi connectivity index (χ0n) is 16.0. The van der Waals surface area contributed by atoms with E-state index in [4.69, 9.17) is 4.74 Å². The highest BCUT2D eigenvalue weighted by Gasteiger charge is 2.52. The summed E-state index contributed by atoms with van der Waals surface area (Å²) in [5.41, 5.74) is 4.93. The molecule has 0 spiro atoms. The van der Waals surface area contributed by atoms with Crippen molar-refractivity contribution in [3.63, 3.8) is 0 Å². The summed E-state index contributed by atoms with van der Waals surface area (Å²) >= 11 is 0. The minimum atomic E-state index is -1.57. The number of nitrogens with zero attached hydrogens (tertiary/aromatic N) is 1. The second kappa shape index (κ2) is 6.11. The van der Waals surface area contributed by atoms with Crippen molar-refractivity contribution in [2.24, 2.45) is 17.8 Å². The van der Waals surface area contributed by atoms with Gasteiger partial charge in [-0.2, -0.15) is 5.10 Å². The summed E-state index contributed by atoms with van der Waals surface area (Å²) in [4.78, 5) is 0. The minimum absolute atomic E-state index is 0.0328. The first-order chi connectivity index (χ1) is 14.2. The molecule has 1 saturated carbocycles. The maximum atomic E-state index is 9.84. The van der Waals surface area contributed by atoms with Gasteiger partial charge >= 0.3 is 7.12 Å². The zero-order chi connectivity index (χ0) is 19.7. The van der Waals surface area contributed by atoms with Crippen molar-refractivity contribution >= 4 is 29.2 Å². The second-order valence-electron chi connectivity index (χ2n) is 8.37. The number of hydrogen-bond acceptors (Lipinski definition) is 5. The Morgan fingerprint density at radius 2 is 2.00 bits per heavy atom. The number of benzene rings is 2. The molecule has 7 heteroatoms. The van der Waals surface area contributed by atoms with E-state index in [1.165, 1.54) is 10.9 Å². The highest BCUT2D eigenvalue weighted by molar-refractivity contribution is 6.59. The molecule has 146 valence electrons. The Morgan fingerprint density at radius 3 is 2.83 bits per heavy atom. The molecule has 1 aliphatic heterocycles. The Hall–Kier alpha value is -2.77. The van der Waals surface area contributed by atoms with Gasteiger partial charge in [-0.1, -0.05) is 30.4 Å². The van der Waals surface area contributed by atoms with Gasteiger partial charge in [-0.25, -0.2) is 0 Å². The molecule has 0 unspecified atom stereocenters. The van der Waals surface area contributed by atoms with Crippen LogP contribution in [0.5, 0.6) is 5.75 Å². The minimum Gasteiger partial charge on any atom is -0.497 e. The molecule has 2 heterocycles. The van der Waals surface area contributed by atoms with Crippen molar-refractivity contribution < 1.29 is 14.8 Å². The largest absolute Gasteiger partial charge is 0.497 e. The van der Waals surface area contributed by atoms with Crippen LogP contribution in [0.25, 0.3) is 10.9 Å². The number of allylic oxidation sites excluding steroid dienone is 2. The first kappa shape index (κ1) is 17.1. The van der Waals surface area contributed by atoms with Crippen LogP contribution in [0.1, 0.15) is 29.5 Å². The quantitative estimate of drug-likeness (QED) is 0.409. The van der Waals surface area contributed by atoms with Crippen molar-refractivity contribution in [1.82, 2.24) is 10.2 Å². The van der Waals surface area contributed by atoms with E-state index in [9.17, 15) is 10.0 Å². The maximum Gasteiger partial charge on any atom is 0.492 e. The third-order valence-electron chi connectivity index (χ3n) is 7.11. The Bertz CT molecular complexity index is 1140. The zero-order valence-corrected chi connectivity index (χ0v) is 16.0. The lowest BCUT2D eigenvalue weighted by Gasteiger charge is -2.42. The van der Waals surface area contributed by atoms with E-state index < -0.39 is 7.12 Å². The van der Waals surface area contributed by atoms with Gasteiger partial charge in [0.2, 0.25) is 0 Å². The molecule has 3 aliphatic rings. The van der Waals surface area contributed by atoms with Crippen LogP contribution in [-0.2, 0) is 0 Å². The van der Waals surface area contributed by atoms with E-state index in [0.29, 0.717) is 34.9 Å². The summed E-state index contributed by atoms with van der Waals surface area (Å²) in [6.07, 6.45) is 7.83. The molecule has 0 saturated heterocycles. The van der Waals surface area contributed by atoms with Crippen LogP contribution in [0.15, 0.2) is 48.7 Å². The van der Waals surface area contributed by atoms with Crippen molar-refractivity contribution in [2.45, 2.75) is 18.4 Å². The average Bonchev–Trinajstić information content (AvgIpc) is 3.48. The number of fused-ring (bicyclic) bond motifs is 9. The first-order valence-electron chi connectivity index (χ1n) is 10.1. The predicted octanol–water partition coefficient (Wildman–Crippen LogP) is 2.32. The lowest BCUT2D eigenvalue weighted by Crippen LogP contribution is -2.37. The highest BCUT2D eigenvalue weighted by Crippen LogP contribution is 2.62. The molecule has 1 aromatic heterocycles. The molecule has 2 aromatic carbocycles. The number of hydrogen-bond donors (Lipinski definition) is 4. The van der Waals surface area contributed by atoms with Crippen molar-refractivity contribution in [2.75, 3.05) is 12.4 Å². The molecule has 29 heavy (non-hydrogen) atoms. The standard InChI is InChI=1S/C22H22BN3O3/c1-29-22-13(3-2-4-15(22)23(27)28)21-19-12-6-5-11(9-12)18(19)20-14-10-24-26-16(14)7-8-17(20)25-21/h2-8,10-12,18-19,21,25,27-28H,9H2,1H3,(H,24,26)/t11-,12+,18+,19-,21+/m1/s1. The Kier molecular flexibility index (Phi) is 3.61. The molecule has 0 amide bonds. The Balaban J connectivity index is 1.56. The molecule has 1 fully saturated rings. The number of methoxy groups -OCH3 is 1. The highest BCUT2D eigenvalue weighted by atomic mass is 16.5. The molecule has 0 radical (unpaired) electrons. The normalized spacial score (nSPS) is 28.9. The van der Waals surface area contributed by atoms with E-state index in [2.05, 4.69) is 39.8 Å². The van der Waals surface area contributed by atoms with Crippen LogP contribution in [0.2, 0.25) is 0 Å². The second-order valence-corrected chi connectivity index (χ2v) is 8.37. The average molecular weight is 387 g/mol. The number of aromatic amines is 1. The molecule has 6 rings (SSSR count). The fraction of sp³-hybridized carbons (Fsp3) is 0.318. The summed E-state index contributed by atoms with van der Waals surface area (Å²) in [5.74, 6) is 2.34. The van der Waals surface area contributed by atoms with E-state index in [0.717, 1.165) is 23.2 Å². The van der Waals surface area contributed by atoms with Gasteiger partial charge in [0.25, 0.3) is 0 Å². The van der Waals surface area contributed by atoms with Crippen LogP contribution in [0.3, 0.4) is 0 Å². The van der Waals surface area contributed by atoms with Crippen LogP contribution in [0, 0.1) is 17.8 Å². The van der Waals surface area contributed by atoms with Gasteiger partial charge in [0.1, 0.15) is 5.75 Å². The van der Waals surface area contributed by atoms with Gasteiger partial charge in [0.05, 0.1) is 24.9 Å². The topological polar surface area (TPSA) is 90.4 Å². The number of anilines is 1. The molecule has 2 bridgehead atoms. The maximum absolute atomic E-state index is 9.84. The summed E-state index contributed by atoms with van der Waals surface area (Å²) in [6, 6.07) is 9.85. The van der Waals surface area contributed by atoms with E-state index in [1.54, 1.807) is 13.2 Å². The number of para-hydroxylation sites is 1. The van der Waals surface area contributed by atoms with Gasteiger partial charge in [0, 0.05) is 22.1 Å². The van der Waals surface area contributed by atoms with Crippen molar-refractivity contribution in [3.8, 4) is 5.75 Å². The van der Waals surface area contributed by atoms with Gasteiger partial charge in [-0.05, 0) is 47.8 Å². The lowest BCUT2D eigenvalue weighted by atomic mass is 9.68. The molecule has 2 aliphatic carbocycles. The lowest BCUT2D eigenvalue weighted by molar-refractivity contribution is 0.324. The summed E-state index contributed by atoms with van der Waals surface area (Å²) in [7, 11) is 0.0244. The molecule has 6 nitrogen and oxygen atoms in total. The molecular formula is C22H22BN3O3. The van der Waals surface area contributed by atoms with E-state index in [1.807, 2.05) is 18.3 Å². The summed E-state index contributed by atoms with van der Waals surface area (Å²) in [6.45, 7) is 0. The Morgan fingerprint density at radius 1 is 1.14 bits per heavy atom. The number of ether oxygens (including phenoxy) is 1. The third-order valence-corrected chi connectivity index (χ3v) is 7.11. The summed E-state index contributed by atoms with van der Waals surface area (Å²) < 4.78 is 5.67. The molecule has 5 atom stereocenters. The van der Waals surface area contributed by atoms with Gasteiger partial charge in [0.15, 0.2) is 0 Å². The van der Waals surface area contributed by atoms with Crippen LogP contribution < -0.4 is 15.5 Å². The smallest absolute Gasteiger partial charge is 0.492 e.